The highest BCUT2D eigenvalue weighted by Gasteiger charge is 2.20. The van der Waals surface area contributed by atoms with Crippen LogP contribution in [0, 0.1) is 0 Å². The normalized spacial score (nSPS) is 11.1. The average Bonchev–Trinajstić information content (AvgIpc) is 3.39. The molecule has 1 amide bonds. The van der Waals surface area contributed by atoms with Gasteiger partial charge in [-0.25, -0.2) is 4.68 Å². The lowest BCUT2D eigenvalue weighted by molar-refractivity contribution is 0.0945. The Hall–Kier alpha value is -3.57. The summed E-state index contributed by atoms with van der Waals surface area (Å²) in [5.41, 5.74) is 4.71. The molecule has 5 rings (SSSR count). The van der Waals surface area contributed by atoms with Gasteiger partial charge in [0.15, 0.2) is 0 Å². The molecule has 0 saturated carbocycles. The van der Waals surface area contributed by atoms with Gasteiger partial charge in [0, 0.05) is 18.0 Å². The van der Waals surface area contributed by atoms with E-state index in [1.165, 1.54) is 11.1 Å². The van der Waals surface area contributed by atoms with E-state index < -0.39 is 0 Å². The number of hydrogen-bond acceptors (Lipinski definition) is 2. The van der Waals surface area contributed by atoms with Gasteiger partial charge < -0.3 is 5.32 Å². The van der Waals surface area contributed by atoms with Crippen molar-refractivity contribution in [2.75, 3.05) is 6.54 Å². The van der Waals surface area contributed by atoms with Crippen molar-refractivity contribution in [1.82, 2.24) is 15.1 Å². The number of aromatic nitrogens is 2. The van der Waals surface area contributed by atoms with Gasteiger partial charge in [0.25, 0.3) is 5.91 Å². The van der Waals surface area contributed by atoms with Crippen molar-refractivity contribution < 1.29 is 4.79 Å². The Kier molecular flexibility index (Phi) is 8.14. The lowest BCUT2D eigenvalue weighted by atomic mass is 9.88. The molecule has 0 radical (unpaired) electrons. The van der Waals surface area contributed by atoms with E-state index in [1.54, 1.807) is 35.0 Å². The number of nitrogens with zero attached hydrogens (tertiary/aromatic N) is 2. The fourth-order valence-corrected chi connectivity index (χ4v) is 5.00. The van der Waals surface area contributed by atoms with Crippen LogP contribution in [0.4, 0.5) is 0 Å². The Bertz CT molecular complexity index is 1510. The van der Waals surface area contributed by atoms with Crippen molar-refractivity contribution >= 4 is 40.7 Å². The van der Waals surface area contributed by atoms with Crippen LogP contribution in [0.25, 0.3) is 16.9 Å². The summed E-state index contributed by atoms with van der Waals surface area (Å²) in [4.78, 5) is 13.5. The van der Waals surface area contributed by atoms with Crippen LogP contribution in [0.1, 0.15) is 34.0 Å². The lowest BCUT2D eigenvalue weighted by Gasteiger charge is -2.18. The summed E-state index contributed by atoms with van der Waals surface area (Å²) in [7, 11) is 0. The maximum absolute atomic E-state index is 13.5. The van der Waals surface area contributed by atoms with Gasteiger partial charge in [-0.1, -0.05) is 114 Å². The molecular weight excluding hydrogens is 537 g/mol. The molecule has 0 aliphatic rings. The predicted molar refractivity (Wildman–Crippen MR) is 156 cm³/mol. The van der Waals surface area contributed by atoms with Crippen LogP contribution >= 0.6 is 34.8 Å². The zero-order valence-electron chi connectivity index (χ0n) is 20.3. The Morgan fingerprint density at radius 1 is 0.737 bits per heavy atom. The average molecular weight is 561 g/mol. The first-order valence-corrected chi connectivity index (χ1v) is 13.3. The first-order chi connectivity index (χ1) is 18.5. The van der Waals surface area contributed by atoms with Gasteiger partial charge in [-0.3, -0.25) is 4.79 Å². The highest BCUT2D eigenvalue weighted by Crippen LogP contribution is 2.31. The predicted octanol–water partition coefficient (Wildman–Crippen LogP) is 8.45. The second-order valence-electron chi connectivity index (χ2n) is 8.82. The van der Waals surface area contributed by atoms with Crippen LogP contribution in [0.2, 0.25) is 15.1 Å². The molecule has 1 N–H and O–H groups in total. The van der Waals surface area contributed by atoms with Gasteiger partial charge in [0.2, 0.25) is 0 Å². The number of hydrogen-bond donors (Lipinski definition) is 1. The molecule has 5 aromatic rings. The maximum Gasteiger partial charge on any atom is 0.270 e. The highest BCUT2D eigenvalue weighted by molar-refractivity contribution is 6.42. The molecule has 0 unspecified atom stereocenters. The molecule has 4 aromatic carbocycles. The largest absolute Gasteiger partial charge is 0.351 e. The lowest BCUT2D eigenvalue weighted by Crippen LogP contribution is -2.28. The van der Waals surface area contributed by atoms with E-state index in [9.17, 15) is 4.79 Å². The molecule has 4 nitrogen and oxygen atoms in total. The first kappa shape index (κ1) is 26.1. The second-order valence-corrected chi connectivity index (χ2v) is 10.0. The molecule has 0 aliphatic carbocycles. The van der Waals surface area contributed by atoms with Crippen molar-refractivity contribution in [2.24, 2.45) is 0 Å². The number of benzene rings is 4. The maximum atomic E-state index is 13.5. The monoisotopic (exact) mass is 559 g/mol. The third-order valence-corrected chi connectivity index (χ3v) is 7.43. The molecule has 0 bridgehead atoms. The van der Waals surface area contributed by atoms with E-state index in [4.69, 9.17) is 39.9 Å². The van der Waals surface area contributed by atoms with Gasteiger partial charge in [0.1, 0.15) is 5.69 Å². The van der Waals surface area contributed by atoms with Crippen molar-refractivity contribution in [2.45, 2.75) is 12.3 Å². The van der Waals surface area contributed by atoms with Gasteiger partial charge in [-0.05, 0) is 47.9 Å². The summed E-state index contributed by atoms with van der Waals surface area (Å²) in [5, 5.41) is 9.15. The number of carbonyl (C=O) groups is 1. The number of halogens is 3. The van der Waals surface area contributed by atoms with Crippen molar-refractivity contribution in [3.63, 3.8) is 0 Å². The minimum Gasteiger partial charge on any atom is -0.351 e. The number of carbonyl (C=O) groups excluding carboxylic acids is 1. The highest BCUT2D eigenvalue weighted by atomic mass is 35.5. The topological polar surface area (TPSA) is 46.9 Å². The molecule has 0 saturated heterocycles. The third kappa shape index (κ3) is 5.78. The van der Waals surface area contributed by atoms with E-state index in [0.29, 0.717) is 38.7 Å². The summed E-state index contributed by atoms with van der Waals surface area (Å²) in [6.07, 6.45) is 0.734. The Morgan fingerprint density at radius 3 is 2.00 bits per heavy atom. The molecule has 1 heterocycles. The van der Waals surface area contributed by atoms with Crippen LogP contribution in [-0.4, -0.2) is 22.2 Å². The van der Waals surface area contributed by atoms with Gasteiger partial charge in [-0.2, -0.15) is 5.10 Å². The smallest absolute Gasteiger partial charge is 0.270 e. The zero-order chi connectivity index (χ0) is 26.5. The quantitative estimate of drug-likeness (QED) is 0.207. The van der Waals surface area contributed by atoms with E-state index >= 15 is 0 Å². The molecule has 0 aliphatic heterocycles. The summed E-state index contributed by atoms with van der Waals surface area (Å²) in [5.74, 6) is -0.0990. The third-order valence-electron chi connectivity index (χ3n) is 6.36. The minimum absolute atomic E-state index is 0.149. The molecule has 190 valence electrons. The molecule has 38 heavy (non-hydrogen) atoms. The molecule has 1 aromatic heterocycles. The van der Waals surface area contributed by atoms with E-state index in [2.05, 4.69) is 29.6 Å². The van der Waals surface area contributed by atoms with Crippen LogP contribution < -0.4 is 5.32 Å². The fraction of sp³-hybridized carbons (Fsp3) is 0.0968. The van der Waals surface area contributed by atoms with Gasteiger partial charge >= 0.3 is 0 Å². The number of amides is 1. The Labute approximate surface area is 236 Å². The Balaban J connectivity index is 1.42. The van der Waals surface area contributed by atoms with Crippen LogP contribution in [-0.2, 0) is 0 Å². The van der Waals surface area contributed by atoms with Gasteiger partial charge in [0.05, 0.1) is 26.4 Å². The number of rotatable bonds is 8. The van der Waals surface area contributed by atoms with Crippen molar-refractivity contribution in [3.05, 3.63) is 141 Å². The molecule has 0 atom stereocenters. The molecule has 0 spiro atoms. The Morgan fingerprint density at radius 2 is 1.37 bits per heavy atom. The first-order valence-electron chi connectivity index (χ1n) is 12.2. The van der Waals surface area contributed by atoms with Gasteiger partial charge in [-0.15, -0.1) is 0 Å². The summed E-state index contributed by atoms with van der Waals surface area (Å²) in [6.45, 7) is 0.473. The minimum atomic E-state index is -0.248. The van der Waals surface area contributed by atoms with Crippen LogP contribution in [0.5, 0.6) is 0 Å². The molecular formula is C31H24Cl3N3O. The van der Waals surface area contributed by atoms with Crippen LogP contribution in [0.3, 0.4) is 0 Å². The zero-order valence-corrected chi connectivity index (χ0v) is 22.6. The molecule has 7 heteroatoms. The summed E-state index contributed by atoms with van der Waals surface area (Å²) in [6, 6.07) is 34.9. The van der Waals surface area contributed by atoms with E-state index in [1.807, 2.05) is 54.6 Å². The summed E-state index contributed by atoms with van der Waals surface area (Å²) >= 11 is 18.9. The van der Waals surface area contributed by atoms with E-state index in [-0.39, 0.29) is 11.8 Å². The SMILES string of the molecule is O=C(NCCC(c1ccccc1)c1ccccc1)c1cc(-c2ccccc2Cl)nn1-c1ccc(Cl)c(Cl)c1. The summed E-state index contributed by atoms with van der Waals surface area (Å²) < 4.78 is 1.57. The van der Waals surface area contributed by atoms with E-state index in [0.717, 1.165) is 12.0 Å². The van der Waals surface area contributed by atoms with Crippen molar-refractivity contribution in [3.8, 4) is 16.9 Å². The van der Waals surface area contributed by atoms with Crippen molar-refractivity contribution in [1.29, 1.82) is 0 Å². The fourth-order valence-electron chi connectivity index (χ4n) is 4.47. The second kappa shape index (κ2) is 11.9. The number of nitrogens with one attached hydrogen (secondary N) is 1. The standard InChI is InChI=1S/C31H24Cl3N3O/c32-26-14-8-7-13-25(26)29-20-30(37(36-29)23-15-16-27(33)28(34)19-23)31(38)35-18-17-24(21-9-3-1-4-10-21)22-11-5-2-6-12-22/h1-16,19-20,24H,17-18H2,(H,35,38). The van der Waals surface area contributed by atoms with Crippen LogP contribution in [0.15, 0.2) is 109 Å². The molecule has 0 fully saturated rings.